The van der Waals surface area contributed by atoms with Crippen LogP contribution >= 0.6 is 0 Å². The number of benzene rings is 2. The van der Waals surface area contributed by atoms with Crippen molar-refractivity contribution in [3.8, 4) is 5.75 Å². The molecule has 0 saturated heterocycles. The molecule has 0 radical (unpaired) electrons. The fraction of sp³-hybridized carbons (Fsp3) is 0.200. The van der Waals surface area contributed by atoms with Crippen molar-refractivity contribution in [1.29, 1.82) is 0 Å². The molecular formula is C15H17NO. The number of nitrogens with one attached hydrogen (secondary N) is 1. The number of hydrogen-bond acceptors (Lipinski definition) is 2. The van der Waals surface area contributed by atoms with Gasteiger partial charge in [-0.2, -0.15) is 0 Å². The van der Waals surface area contributed by atoms with Crippen molar-refractivity contribution < 1.29 is 4.74 Å². The molecule has 0 heterocycles. The van der Waals surface area contributed by atoms with Crippen LogP contribution < -0.4 is 10.1 Å². The normalized spacial score (nSPS) is 10.0. The first-order chi connectivity index (χ1) is 8.33. The second-order valence-electron chi connectivity index (χ2n) is 3.88. The molecule has 0 aliphatic carbocycles. The minimum Gasteiger partial charge on any atom is -0.495 e. The Hall–Kier alpha value is -1.96. The average molecular weight is 227 g/mol. The zero-order valence-electron chi connectivity index (χ0n) is 10.2. The summed E-state index contributed by atoms with van der Waals surface area (Å²) < 4.78 is 5.35. The summed E-state index contributed by atoms with van der Waals surface area (Å²) in [5.41, 5.74) is 3.38. The highest BCUT2D eigenvalue weighted by Gasteiger charge is 2.03. The van der Waals surface area contributed by atoms with E-state index in [1.807, 2.05) is 36.4 Å². The van der Waals surface area contributed by atoms with Crippen molar-refractivity contribution in [2.24, 2.45) is 0 Å². The second kappa shape index (κ2) is 5.39. The quantitative estimate of drug-likeness (QED) is 0.852. The van der Waals surface area contributed by atoms with E-state index in [0.717, 1.165) is 23.5 Å². The Kier molecular flexibility index (Phi) is 3.66. The van der Waals surface area contributed by atoms with E-state index in [9.17, 15) is 0 Å². The average Bonchev–Trinajstić information content (AvgIpc) is 2.40. The lowest BCUT2D eigenvalue weighted by atomic mass is 10.1. The number of methoxy groups -OCH3 is 1. The van der Waals surface area contributed by atoms with Gasteiger partial charge in [-0.25, -0.2) is 0 Å². The third-order valence-electron chi connectivity index (χ3n) is 2.72. The van der Waals surface area contributed by atoms with Crippen LogP contribution in [0.2, 0.25) is 0 Å². The summed E-state index contributed by atoms with van der Waals surface area (Å²) in [6.45, 7) is 2.15. The van der Waals surface area contributed by atoms with Crippen LogP contribution in [0.3, 0.4) is 0 Å². The largest absolute Gasteiger partial charge is 0.495 e. The van der Waals surface area contributed by atoms with Crippen molar-refractivity contribution in [1.82, 2.24) is 0 Å². The highest BCUT2D eigenvalue weighted by molar-refractivity contribution is 5.67. The van der Waals surface area contributed by atoms with Gasteiger partial charge in [0.15, 0.2) is 0 Å². The smallest absolute Gasteiger partial charge is 0.142 e. The van der Waals surface area contributed by atoms with Crippen LogP contribution in [0.1, 0.15) is 12.5 Å². The van der Waals surface area contributed by atoms with Gasteiger partial charge < -0.3 is 10.1 Å². The Bertz CT molecular complexity index is 480. The lowest BCUT2D eigenvalue weighted by molar-refractivity contribution is 0.416. The summed E-state index contributed by atoms with van der Waals surface area (Å²) in [7, 11) is 1.69. The molecule has 2 heteroatoms. The number of aryl methyl sites for hydroxylation is 1. The van der Waals surface area contributed by atoms with Gasteiger partial charge in [0.2, 0.25) is 0 Å². The first kappa shape index (κ1) is 11.5. The zero-order chi connectivity index (χ0) is 12.1. The van der Waals surface area contributed by atoms with Crippen LogP contribution in [0, 0.1) is 0 Å². The van der Waals surface area contributed by atoms with Crippen molar-refractivity contribution in [3.63, 3.8) is 0 Å². The van der Waals surface area contributed by atoms with Gasteiger partial charge in [0.25, 0.3) is 0 Å². The van der Waals surface area contributed by atoms with Crippen LogP contribution in [0.5, 0.6) is 5.75 Å². The third-order valence-corrected chi connectivity index (χ3v) is 2.72. The molecule has 0 fully saturated rings. The number of hydrogen-bond donors (Lipinski definition) is 1. The lowest BCUT2D eigenvalue weighted by Crippen LogP contribution is -1.95. The predicted molar refractivity (Wildman–Crippen MR) is 72.1 cm³/mol. The van der Waals surface area contributed by atoms with E-state index >= 15 is 0 Å². The summed E-state index contributed by atoms with van der Waals surface area (Å²) in [5.74, 6) is 0.867. The first-order valence-electron chi connectivity index (χ1n) is 5.82. The molecule has 1 N–H and O–H groups in total. The van der Waals surface area contributed by atoms with E-state index < -0.39 is 0 Å². The Morgan fingerprint density at radius 3 is 2.47 bits per heavy atom. The van der Waals surface area contributed by atoms with Crippen LogP contribution in [-0.2, 0) is 6.42 Å². The monoisotopic (exact) mass is 227 g/mol. The third kappa shape index (κ3) is 2.78. The summed E-state index contributed by atoms with van der Waals surface area (Å²) in [4.78, 5) is 0. The van der Waals surface area contributed by atoms with Gasteiger partial charge in [0.05, 0.1) is 12.8 Å². The topological polar surface area (TPSA) is 21.3 Å². The first-order valence-corrected chi connectivity index (χ1v) is 5.82. The molecular weight excluding hydrogens is 210 g/mol. The molecule has 0 aromatic heterocycles. The Morgan fingerprint density at radius 2 is 1.82 bits per heavy atom. The lowest BCUT2D eigenvalue weighted by Gasteiger charge is -2.12. The Morgan fingerprint density at radius 1 is 1.06 bits per heavy atom. The fourth-order valence-corrected chi connectivity index (χ4v) is 1.75. The molecule has 0 amide bonds. The molecule has 88 valence electrons. The molecule has 0 atom stereocenters. The van der Waals surface area contributed by atoms with Crippen molar-refractivity contribution in [3.05, 3.63) is 54.1 Å². The molecule has 0 aliphatic heterocycles. The fourth-order valence-electron chi connectivity index (χ4n) is 1.75. The van der Waals surface area contributed by atoms with Crippen LogP contribution in [0.25, 0.3) is 0 Å². The van der Waals surface area contributed by atoms with Gasteiger partial charge in [0.1, 0.15) is 5.75 Å². The molecule has 0 bridgehead atoms. The van der Waals surface area contributed by atoms with E-state index in [-0.39, 0.29) is 0 Å². The van der Waals surface area contributed by atoms with Gasteiger partial charge >= 0.3 is 0 Å². The SMILES string of the molecule is CCc1ccc(OC)c(Nc2ccccc2)c1. The molecule has 0 unspecified atom stereocenters. The molecule has 0 saturated carbocycles. The highest BCUT2D eigenvalue weighted by Crippen LogP contribution is 2.28. The zero-order valence-corrected chi connectivity index (χ0v) is 10.2. The summed E-state index contributed by atoms with van der Waals surface area (Å²) in [5, 5.41) is 3.37. The van der Waals surface area contributed by atoms with Gasteiger partial charge in [-0.3, -0.25) is 0 Å². The van der Waals surface area contributed by atoms with Crippen molar-refractivity contribution in [2.75, 3.05) is 12.4 Å². The minimum absolute atomic E-state index is 0.867. The van der Waals surface area contributed by atoms with E-state index in [0.29, 0.717) is 0 Å². The number of anilines is 2. The minimum atomic E-state index is 0.867. The predicted octanol–water partition coefficient (Wildman–Crippen LogP) is 4.00. The maximum Gasteiger partial charge on any atom is 0.142 e. The van der Waals surface area contributed by atoms with E-state index in [1.165, 1.54) is 5.56 Å². The number of rotatable bonds is 4. The standard InChI is InChI=1S/C15H17NO/c1-3-12-9-10-15(17-2)14(11-12)16-13-7-5-4-6-8-13/h4-11,16H,3H2,1-2H3. The van der Waals surface area contributed by atoms with Crippen LogP contribution in [0.15, 0.2) is 48.5 Å². The van der Waals surface area contributed by atoms with Gasteiger partial charge in [-0.05, 0) is 36.2 Å². The van der Waals surface area contributed by atoms with Crippen molar-refractivity contribution >= 4 is 11.4 Å². The molecule has 0 aliphatic rings. The van der Waals surface area contributed by atoms with Gasteiger partial charge in [-0.15, -0.1) is 0 Å². The van der Waals surface area contributed by atoms with Crippen LogP contribution in [0.4, 0.5) is 11.4 Å². The summed E-state index contributed by atoms with van der Waals surface area (Å²) in [6, 6.07) is 16.3. The molecule has 2 nitrogen and oxygen atoms in total. The van der Waals surface area contributed by atoms with Gasteiger partial charge in [0, 0.05) is 5.69 Å². The highest BCUT2D eigenvalue weighted by atomic mass is 16.5. The maximum absolute atomic E-state index is 5.35. The molecule has 2 rings (SSSR count). The molecule has 2 aromatic rings. The Labute approximate surface area is 102 Å². The molecule has 17 heavy (non-hydrogen) atoms. The van der Waals surface area contributed by atoms with E-state index in [4.69, 9.17) is 4.74 Å². The van der Waals surface area contributed by atoms with E-state index in [1.54, 1.807) is 7.11 Å². The number of para-hydroxylation sites is 1. The molecule has 0 spiro atoms. The molecule has 2 aromatic carbocycles. The van der Waals surface area contributed by atoms with Gasteiger partial charge in [-0.1, -0.05) is 31.2 Å². The summed E-state index contributed by atoms with van der Waals surface area (Å²) >= 11 is 0. The van der Waals surface area contributed by atoms with Crippen molar-refractivity contribution in [2.45, 2.75) is 13.3 Å². The summed E-state index contributed by atoms with van der Waals surface area (Å²) in [6.07, 6.45) is 1.02. The van der Waals surface area contributed by atoms with Crippen LogP contribution in [-0.4, -0.2) is 7.11 Å². The number of ether oxygens (including phenoxy) is 1. The van der Waals surface area contributed by atoms with E-state index in [2.05, 4.69) is 24.4 Å². The Balaban J connectivity index is 2.30. The second-order valence-corrected chi connectivity index (χ2v) is 3.88. The maximum atomic E-state index is 5.35.